The van der Waals surface area contributed by atoms with E-state index in [1.54, 1.807) is 0 Å². The summed E-state index contributed by atoms with van der Waals surface area (Å²) in [4.78, 5) is 37.9. The Hall–Kier alpha value is -3.41. The molecule has 1 unspecified atom stereocenters. The van der Waals surface area contributed by atoms with E-state index in [4.69, 9.17) is 14.2 Å². The molecule has 0 heterocycles. The van der Waals surface area contributed by atoms with Crippen molar-refractivity contribution in [2.24, 2.45) is 0 Å². The first-order valence-electron chi connectivity index (χ1n) is 25.7. The van der Waals surface area contributed by atoms with Crippen LogP contribution in [-0.2, 0) is 28.6 Å². The van der Waals surface area contributed by atoms with Gasteiger partial charge in [0.2, 0.25) is 0 Å². The summed E-state index contributed by atoms with van der Waals surface area (Å²) in [5.41, 5.74) is 0. The average molecular weight is 863 g/mol. The molecule has 0 aliphatic carbocycles. The molecule has 0 aliphatic heterocycles. The number of esters is 3. The highest BCUT2D eigenvalue weighted by Gasteiger charge is 2.19. The minimum atomic E-state index is -0.803. The molecule has 0 radical (unpaired) electrons. The molecule has 62 heavy (non-hydrogen) atoms. The Morgan fingerprint density at radius 3 is 1.00 bits per heavy atom. The maximum absolute atomic E-state index is 12.8. The molecule has 354 valence electrons. The van der Waals surface area contributed by atoms with Crippen molar-refractivity contribution >= 4 is 17.9 Å². The van der Waals surface area contributed by atoms with Crippen molar-refractivity contribution in [1.29, 1.82) is 0 Å². The van der Waals surface area contributed by atoms with Gasteiger partial charge in [-0.1, -0.05) is 234 Å². The van der Waals surface area contributed by atoms with Crippen molar-refractivity contribution < 1.29 is 28.6 Å². The van der Waals surface area contributed by atoms with Gasteiger partial charge in [0.15, 0.2) is 6.10 Å². The predicted octanol–water partition coefficient (Wildman–Crippen LogP) is 16.8. The van der Waals surface area contributed by atoms with Crippen LogP contribution in [0.4, 0.5) is 0 Å². The molecule has 0 saturated carbocycles. The molecule has 0 spiro atoms. The third-order valence-corrected chi connectivity index (χ3v) is 10.8. The highest BCUT2D eigenvalue weighted by atomic mass is 16.6. The summed E-state index contributed by atoms with van der Waals surface area (Å²) in [6.07, 6.45) is 64.2. The van der Waals surface area contributed by atoms with Crippen molar-refractivity contribution in [3.8, 4) is 0 Å². The summed E-state index contributed by atoms with van der Waals surface area (Å²) in [5.74, 6) is -0.959. The van der Waals surface area contributed by atoms with E-state index >= 15 is 0 Å². The predicted molar refractivity (Wildman–Crippen MR) is 265 cm³/mol. The monoisotopic (exact) mass is 863 g/mol. The van der Waals surface area contributed by atoms with E-state index in [-0.39, 0.29) is 37.5 Å². The van der Waals surface area contributed by atoms with Gasteiger partial charge >= 0.3 is 17.9 Å². The zero-order valence-electron chi connectivity index (χ0n) is 40.4. The molecular formula is C56H94O6. The van der Waals surface area contributed by atoms with Gasteiger partial charge in [-0.2, -0.15) is 0 Å². The molecule has 0 amide bonds. The number of hydrogen-bond donors (Lipinski definition) is 0. The molecule has 6 nitrogen and oxygen atoms in total. The van der Waals surface area contributed by atoms with Gasteiger partial charge in [0.05, 0.1) is 0 Å². The zero-order chi connectivity index (χ0) is 45.1. The molecule has 0 saturated heterocycles. The topological polar surface area (TPSA) is 78.9 Å². The Bertz CT molecular complexity index is 1220. The lowest BCUT2D eigenvalue weighted by Crippen LogP contribution is -2.30. The minimum absolute atomic E-state index is 0.0984. The largest absolute Gasteiger partial charge is 0.462 e. The van der Waals surface area contributed by atoms with Crippen LogP contribution in [0.3, 0.4) is 0 Å². The molecule has 0 bridgehead atoms. The third-order valence-electron chi connectivity index (χ3n) is 10.8. The number of ether oxygens (including phenoxy) is 3. The highest BCUT2D eigenvalue weighted by Crippen LogP contribution is 2.14. The summed E-state index contributed by atoms with van der Waals surface area (Å²) >= 11 is 0. The summed E-state index contributed by atoms with van der Waals surface area (Å²) in [6, 6.07) is 0. The van der Waals surface area contributed by atoms with Gasteiger partial charge in [0.1, 0.15) is 13.2 Å². The molecule has 0 aromatic heterocycles. The maximum Gasteiger partial charge on any atom is 0.306 e. The number of hydrogen-bond acceptors (Lipinski definition) is 6. The fourth-order valence-electron chi connectivity index (χ4n) is 6.92. The number of unbranched alkanes of at least 4 members (excludes halogenated alkanes) is 25. The van der Waals surface area contributed by atoms with E-state index in [1.807, 2.05) is 36.5 Å². The Morgan fingerprint density at radius 1 is 0.339 bits per heavy atom. The van der Waals surface area contributed by atoms with E-state index in [2.05, 4.69) is 69.4 Å². The van der Waals surface area contributed by atoms with Crippen molar-refractivity contribution in [3.63, 3.8) is 0 Å². The van der Waals surface area contributed by atoms with Crippen molar-refractivity contribution in [2.75, 3.05) is 13.2 Å². The first-order chi connectivity index (χ1) is 30.5. The SMILES string of the molecule is CC\C=C/C=C\C=C/C=C\CCCCCC(=O)OC(COC(=O)CCCCCCC\C=C/C=C\C=C/CCCCCCC)COC(=O)CCCCCCCCCCCCCCC. The second kappa shape index (κ2) is 50.2. The molecule has 6 heteroatoms. The smallest absolute Gasteiger partial charge is 0.306 e. The summed E-state index contributed by atoms with van der Waals surface area (Å²) in [6.45, 7) is 6.42. The Morgan fingerprint density at radius 2 is 0.629 bits per heavy atom. The Kier molecular flexibility index (Phi) is 47.5. The normalized spacial score (nSPS) is 12.8. The quantitative estimate of drug-likeness (QED) is 0.0263. The lowest BCUT2D eigenvalue weighted by Gasteiger charge is -2.18. The Balaban J connectivity index is 4.46. The second-order valence-electron chi connectivity index (χ2n) is 16.9. The lowest BCUT2D eigenvalue weighted by molar-refractivity contribution is -0.167. The van der Waals surface area contributed by atoms with Gasteiger partial charge in [-0.3, -0.25) is 14.4 Å². The Labute approximate surface area is 382 Å². The molecule has 0 N–H and O–H groups in total. The van der Waals surface area contributed by atoms with E-state index < -0.39 is 6.10 Å². The highest BCUT2D eigenvalue weighted by molar-refractivity contribution is 5.71. The zero-order valence-corrected chi connectivity index (χ0v) is 40.4. The third kappa shape index (κ3) is 47.6. The van der Waals surface area contributed by atoms with Gasteiger partial charge in [-0.05, 0) is 64.2 Å². The van der Waals surface area contributed by atoms with E-state index in [0.717, 1.165) is 89.9 Å². The van der Waals surface area contributed by atoms with E-state index in [9.17, 15) is 14.4 Å². The summed E-state index contributed by atoms with van der Waals surface area (Å²) in [5, 5.41) is 0. The van der Waals surface area contributed by atoms with Crippen LogP contribution >= 0.6 is 0 Å². The molecule has 0 aromatic rings. The molecule has 1 atom stereocenters. The lowest BCUT2D eigenvalue weighted by atomic mass is 10.0. The van der Waals surface area contributed by atoms with Crippen LogP contribution in [-0.4, -0.2) is 37.2 Å². The summed E-state index contributed by atoms with van der Waals surface area (Å²) < 4.78 is 16.7. The molecule has 0 rings (SSSR count). The van der Waals surface area contributed by atoms with Gasteiger partial charge in [-0.15, -0.1) is 0 Å². The van der Waals surface area contributed by atoms with Gasteiger partial charge in [0.25, 0.3) is 0 Å². The fraction of sp³-hybridized carbons (Fsp3) is 0.696. The summed E-state index contributed by atoms with van der Waals surface area (Å²) in [7, 11) is 0. The van der Waals surface area contributed by atoms with Crippen LogP contribution in [0, 0.1) is 0 Å². The molecular weight excluding hydrogens is 769 g/mol. The number of rotatable bonds is 45. The molecule has 0 fully saturated rings. The molecule has 0 aliphatic rings. The van der Waals surface area contributed by atoms with Crippen LogP contribution in [0.25, 0.3) is 0 Å². The van der Waals surface area contributed by atoms with Crippen LogP contribution in [0.2, 0.25) is 0 Å². The van der Waals surface area contributed by atoms with Crippen molar-refractivity contribution in [3.05, 3.63) is 85.1 Å². The first-order valence-corrected chi connectivity index (χ1v) is 25.7. The van der Waals surface area contributed by atoms with Crippen LogP contribution < -0.4 is 0 Å². The van der Waals surface area contributed by atoms with Gasteiger partial charge in [0, 0.05) is 19.3 Å². The number of allylic oxidation sites excluding steroid dienone is 14. The van der Waals surface area contributed by atoms with Crippen LogP contribution in [0.15, 0.2) is 85.1 Å². The standard InChI is InChI=1S/C56H94O6/c1-4-7-10-13-16-19-22-25-26-27-28-29-32-34-37-40-43-46-49-55(58)61-52-53(62-56(59)50-47-44-41-38-35-31-24-21-18-15-12-9-6-3)51-60-54(57)48-45-42-39-36-33-30-23-20-17-14-11-8-5-2/h9,12,15,18,21-22,24-29,31,35,53H,4-8,10-11,13-14,16-17,19-20,23,30,32-34,36-52H2,1-3H3/b12-9-,18-15-,24-21-,25-22-,27-26-,29-28-,35-31-. The first kappa shape index (κ1) is 58.6. The van der Waals surface area contributed by atoms with E-state index in [1.165, 1.54) is 96.3 Å². The van der Waals surface area contributed by atoms with Crippen molar-refractivity contribution in [2.45, 2.75) is 239 Å². The van der Waals surface area contributed by atoms with Crippen LogP contribution in [0.1, 0.15) is 233 Å². The second-order valence-corrected chi connectivity index (χ2v) is 16.9. The van der Waals surface area contributed by atoms with Gasteiger partial charge in [-0.25, -0.2) is 0 Å². The number of carbonyl (C=O) groups is 3. The maximum atomic E-state index is 12.8. The van der Waals surface area contributed by atoms with E-state index in [0.29, 0.717) is 19.3 Å². The van der Waals surface area contributed by atoms with Crippen molar-refractivity contribution in [1.82, 2.24) is 0 Å². The van der Waals surface area contributed by atoms with Gasteiger partial charge < -0.3 is 14.2 Å². The minimum Gasteiger partial charge on any atom is -0.462 e. The molecule has 0 aromatic carbocycles. The number of carbonyl (C=O) groups excluding carboxylic acids is 3. The fourth-order valence-corrected chi connectivity index (χ4v) is 6.92. The average Bonchev–Trinajstić information content (AvgIpc) is 3.27. The van der Waals surface area contributed by atoms with Crippen LogP contribution in [0.5, 0.6) is 0 Å².